The summed E-state index contributed by atoms with van der Waals surface area (Å²) in [5.74, 6) is 1.05. The van der Waals surface area contributed by atoms with Crippen molar-refractivity contribution in [1.29, 1.82) is 0 Å². The second-order valence-electron chi connectivity index (χ2n) is 4.46. The van der Waals surface area contributed by atoms with Gasteiger partial charge in [-0.15, -0.1) is 0 Å². The second kappa shape index (κ2) is 5.15. The lowest BCUT2D eigenvalue weighted by Gasteiger charge is -2.16. The Kier molecular flexibility index (Phi) is 3.59. The Labute approximate surface area is 102 Å². The second-order valence-corrected chi connectivity index (χ2v) is 4.46. The van der Waals surface area contributed by atoms with Crippen molar-refractivity contribution < 1.29 is 5.11 Å². The van der Waals surface area contributed by atoms with Gasteiger partial charge in [0.1, 0.15) is 11.9 Å². The summed E-state index contributed by atoms with van der Waals surface area (Å²) in [5.41, 5.74) is 1.25. The lowest BCUT2D eigenvalue weighted by molar-refractivity contribution is 0.147. The van der Waals surface area contributed by atoms with Crippen LogP contribution in [0.1, 0.15) is 36.8 Å². The Morgan fingerprint density at radius 2 is 2.00 bits per heavy atom. The molecule has 0 bridgehead atoms. The molecular formula is C14H18N2O. The molecule has 1 N–H and O–H groups in total. The van der Waals surface area contributed by atoms with Crippen LogP contribution in [-0.4, -0.2) is 14.7 Å². The fraction of sp³-hybridized carbons (Fsp3) is 0.357. The fourth-order valence-corrected chi connectivity index (χ4v) is 2.06. The maximum atomic E-state index is 10.1. The minimum absolute atomic E-state index is 0.322. The van der Waals surface area contributed by atoms with Crippen LogP contribution < -0.4 is 0 Å². The lowest BCUT2D eigenvalue weighted by Crippen LogP contribution is -2.08. The van der Waals surface area contributed by atoms with E-state index in [2.05, 4.69) is 24.0 Å². The molecule has 0 aliphatic carbocycles. The molecule has 0 radical (unpaired) electrons. The zero-order valence-corrected chi connectivity index (χ0v) is 10.2. The van der Waals surface area contributed by atoms with Crippen molar-refractivity contribution in [2.45, 2.75) is 25.4 Å². The molecule has 17 heavy (non-hydrogen) atoms. The summed E-state index contributed by atoms with van der Waals surface area (Å²) in [6.07, 6.45) is 3.75. The van der Waals surface area contributed by atoms with E-state index in [1.807, 2.05) is 36.0 Å². The van der Waals surface area contributed by atoms with Gasteiger partial charge in [-0.2, -0.15) is 0 Å². The van der Waals surface area contributed by atoms with Gasteiger partial charge in [0.2, 0.25) is 0 Å². The van der Waals surface area contributed by atoms with Crippen LogP contribution in [0.15, 0.2) is 42.7 Å². The molecule has 0 saturated heterocycles. The average molecular weight is 230 g/mol. The lowest BCUT2D eigenvalue weighted by atomic mass is 9.95. The molecule has 0 aliphatic heterocycles. The highest BCUT2D eigenvalue weighted by atomic mass is 16.3. The van der Waals surface area contributed by atoms with Crippen LogP contribution in [0.4, 0.5) is 0 Å². The molecule has 0 spiro atoms. The van der Waals surface area contributed by atoms with Crippen LogP contribution in [0.2, 0.25) is 0 Å². The number of aliphatic hydroxyl groups is 1. The highest BCUT2D eigenvalue weighted by molar-refractivity contribution is 5.19. The summed E-state index contributed by atoms with van der Waals surface area (Å²) in [6, 6.07) is 10.2. The smallest absolute Gasteiger partial charge is 0.137 e. The summed E-state index contributed by atoms with van der Waals surface area (Å²) < 4.78 is 1.86. The van der Waals surface area contributed by atoms with Crippen LogP contribution in [0.25, 0.3) is 0 Å². The molecule has 2 atom stereocenters. The van der Waals surface area contributed by atoms with E-state index in [1.54, 1.807) is 6.20 Å². The van der Waals surface area contributed by atoms with E-state index in [4.69, 9.17) is 0 Å². The summed E-state index contributed by atoms with van der Waals surface area (Å²) in [5, 5.41) is 10.1. The van der Waals surface area contributed by atoms with E-state index in [0.717, 1.165) is 5.82 Å². The highest BCUT2D eigenvalue weighted by Crippen LogP contribution is 2.26. The Morgan fingerprint density at radius 1 is 1.29 bits per heavy atom. The molecular weight excluding hydrogens is 212 g/mol. The van der Waals surface area contributed by atoms with E-state index in [9.17, 15) is 5.11 Å². The number of hydrogen-bond acceptors (Lipinski definition) is 2. The largest absolute Gasteiger partial charge is 0.385 e. The molecule has 2 aromatic rings. The van der Waals surface area contributed by atoms with E-state index in [0.29, 0.717) is 12.3 Å². The van der Waals surface area contributed by atoms with Crippen molar-refractivity contribution in [2.75, 3.05) is 0 Å². The quantitative estimate of drug-likeness (QED) is 0.876. The summed E-state index contributed by atoms with van der Waals surface area (Å²) in [6.45, 7) is 2.13. The van der Waals surface area contributed by atoms with Crippen molar-refractivity contribution in [3.8, 4) is 0 Å². The number of nitrogens with zero attached hydrogens (tertiary/aromatic N) is 2. The molecule has 1 aromatic heterocycles. The zero-order valence-electron chi connectivity index (χ0n) is 10.2. The van der Waals surface area contributed by atoms with Crippen LogP contribution in [-0.2, 0) is 7.05 Å². The van der Waals surface area contributed by atoms with Gasteiger partial charge in [-0.3, -0.25) is 0 Å². The molecule has 3 nitrogen and oxygen atoms in total. The summed E-state index contributed by atoms with van der Waals surface area (Å²) in [4.78, 5) is 4.18. The minimum atomic E-state index is -0.509. The number of benzene rings is 1. The summed E-state index contributed by atoms with van der Waals surface area (Å²) in [7, 11) is 1.90. The van der Waals surface area contributed by atoms with Gasteiger partial charge in [-0.05, 0) is 17.9 Å². The standard InChI is InChI=1S/C14H18N2O/c1-11(12-6-4-3-5-7-12)10-13(17)14-15-8-9-16(14)2/h3-9,11,13,17H,10H2,1-2H3. The molecule has 0 amide bonds. The Bertz CT molecular complexity index is 464. The Balaban J connectivity index is 2.05. The molecule has 1 heterocycles. The van der Waals surface area contributed by atoms with Gasteiger partial charge in [0, 0.05) is 19.4 Å². The number of aliphatic hydroxyl groups excluding tert-OH is 1. The monoisotopic (exact) mass is 230 g/mol. The van der Waals surface area contributed by atoms with Gasteiger partial charge in [0.15, 0.2) is 0 Å². The third-order valence-electron chi connectivity index (χ3n) is 3.10. The highest BCUT2D eigenvalue weighted by Gasteiger charge is 2.16. The number of hydrogen-bond donors (Lipinski definition) is 1. The topological polar surface area (TPSA) is 38.1 Å². The first kappa shape index (κ1) is 11.9. The fourth-order valence-electron chi connectivity index (χ4n) is 2.06. The minimum Gasteiger partial charge on any atom is -0.385 e. The van der Waals surface area contributed by atoms with Gasteiger partial charge in [-0.25, -0.2) is 4.98 Å². The normalized spacial score (nSPS) is 14.5. The molecule has 90 valence electrons. The third kappa shape index (κ3) is 2.74. The maximum Gasteiger partial charge on any atom is 0.137 e. The SMILES string of the molecule is CC(CC(O)c1nccn1C)c1ccccc1. The van der Waals surface area contributed by atoms with Crippen LogP contribution in [0, 0.1) is 0 Å². The Hall–Kier alpha value is -1.61. The predicted octanol–water partition coefficient (Wildman–Crippen LogP) is 2.65. The molecule has 2 unspecified atom stereocenters. The van der Waals surface area contributed by atoms with E-state index in [1.165, 1.54) is 5.56 Å². The van der Waals surface area contributed by atoms with E-state index >= 15 is 0 Å². The average Bonchev–Trinajstić information content (AvgIpc) is 2.76. The molecule has 0 saturated carbocycles. The predicted molar refractivity (Wildman–Crippen MR) is 67.6 cm³/mol. The van der Waals surface area contributed by atoms with Crippen LogP contribution in [0.5, 0.6) is 0 Å². The van der Waals surface area contributed by atoms with Gasteiger partial charge in [-0.1, -0.05) is 37.3 Å². The molecule has 0 aliphatic rings. The first-order valence-electron chi connectivity index (χ1n) is 5.88. The molecule has 1 aromatic carbocycles. The number of aromatic nitrogens is 2. The van der Waals surface area contributed by atoms with Crippen molar-refractivity contribution in [3.05, 3.63) is 54.1 Å². The van der Waals surface area contributed by atoms with Crippen molar-refractivity contribution in [1.82, 2.24) is 9.55 Å². The zero-order chi connectivity index (χ0) is 12.3. The van der Waals surface area contributed by atoms with E-state index in [-0.39, 0.29) is 0 Å². The van der Waals surface area contributed by atoms with Crippen LogP contribution >= 0.6 is 0 Å². The number of imidazole rings is 1. The third-order valence-corrected chi connectivity index (χ3v) is 3.10. The van der Waals surface area contributed by atoms with Gasteiger partial charge in [0.05, 0.1) is 0 Å². The van der Waals surface area contributed by atoms with Gasteiger partial charge in [0.25, 0.3) is 0 Å². The van der Waals surface area contributed by atoms with Crippen molar-refractivity contribution in [2.24, 2.45) is 7.05 Å². The van der Waals surface area contributed by atoms with E-state index < -0.39 is 6.10 Å². The van der Waals surface area contributed by atoms with Gasteiger partial charge >= 0.3 is 0 Å². The maximum absolute atomic E-state index is 10.1. The van der Waals surface area contributed by atoms with Crippen LogP contribution in [0.3, 0.4) is 0 Å². The van der Waals surface area contributed by atoms with Crippen molar-refractivity contribution in [3.63, 3.8) is 0 Å². The first-order chi connectivity index (χ1) is 8.18. The molecule has 2 rings (SSSR count). The number of aryl methyl sites for hydroxylation is 1. The first-order valence-corrected chi connectivity index (χ1v) is 5.88. The molecule has 0 fully saturated rings. The molecule has 3 heteroatoms. The van der Waals surface area contributed by atoms with Gasteiger partial charge < -0.3 is 9.67 Å². The number of rotatable bonds is 4. The summed E-state index contributed by atoms with van der Waals surface area (Å²) >= 11 is 0. The van der Waals surface area contributed by atoms with Crippen molar-refractivity contribution >= 4 is 0 Å². The Morgan fingerprint density at radius 3 is 2.59 bits per heavy atom.